The van der Waals surface area contributed by atoms with Crippen LogP contribution in [0.25, 0.3) is 0 Å². The zero-order chi connectivity index (χ0) is 12.7. The van der Waals surface area contributed by atoms with Gasteiger partial charge in [-0.15, -0.1) is 0 Å². The Hall–Kier alpha value is -0.190. The molecular formula is C13H27N3S. The summed E-state index contributed by atoms with van der Waals surface area (Å²) in [7, 11) is 0. The molecule has 1 aliphatic rings. The summed E-state index contributed by atoms with van der Waals surface area (Å²) in [5.41, 5.74) is 5.69. The van der Waals surface area contributed by atoms with Crippen molar-refractivity contribution in [1.29, 1.82) is 0 Å². The molecule has 1 saturated heterocycles. The Labute approximate surface area is 111 Å². The maximum atomic E-state index is 5.69. The second kappa shape index (κ2) is 8.01. The zero-order valence-electron chi connectivity index (χ0n) is 11.3. The number of nitrogens with zero attached hydrogens (tertiary/aromatic N) is 2. The standard InChI is InChI=1S/C13H27N3S/c1-3-4-5-6-7-15-8-10-16(11-9-15)12(2)13(14)17/h12H,3-11H2,1-2H3,(H2,14,17). The molecule has 3 nitrogen and oxygen atoms in total. The fourth-order valence-electron chi connectivity index (χ4n) is 2.32. The Balaban J connectivity index is 2.15. The van der Waals surface area contributed by atoms with E-state index in [1.165, 1.54) is 45.3 Å². The van der Waals surface area contributed by atoms with Crippen molar-refractivity contribution in [3.8, 4) is 0 Å². The van der Waals surface area contributed by atoms with E-state index in [1.54, 1.807) is 0 Å². The van der Waals surface area contributed by atoms with E-state index >= 15 is 0 Å². The highest BCUT2D eigenvalue weighted by molar-refractivity contribution is 7.80. The monoisotopic (exact) mass is 257 g/mol. The Morgan fingerprint density at radius 3 is 2.35 bits per heavy atom. The van der Waals surface area contributed by atoms with Crippen molar-refractivity contribution < 1.29 is 0 Å². The Morgan fingerprint density at radius 1 is 1.18 bits per heavy atom. The summed E-state index contributed by atoms with van der Waals surface area (Å²) in [6.45, 7) is 10.2. The van der Waals surface area contributed by atoms with Crippen LogP contribution in [0.4, 0.5) is 0 Å². The fourth-order valence-corrected chi connectivity index (χ4v) is 2.47. The molecule has 0 aromatic carbocycles. The van der Waals surface area contributed by atoms with Gasteiger partial charge in [-0.3, -0.25) is 4.90 Å². The van der Waals surface area contributed by atoms with E-state index in [-0.39, 0.29) is 6.04 Å². The van der Waals surface area contributed by atoms with Crippen molar-refractivity contribution in [2.24, 2.45) is 5.73 Å². The summed E-state index contributed by atoms with van der Waals surface area (Å²) in [4.78, 5) is 5.59. The Morgan fingerprint density at radius 2 is 1.82 bits per heavy atom. The lowest BCUT2D eigenvalue weighted by Gasteiger charge is -2.37. The third-order valence-corrected chi connectivity index (χ3v) is 4.04. The normalized spacial score (nSPS) is 20.4. The largest absolute Gasteiger partial charge is 0.392 e. The fraction of sp³-hybridized carbons (Fsp3) is 0.923. The van der Waals surface area contributed by atoms with E-state index in [0.717, 1.165) is 13.1 Å². The van der Waals surface area contributed by atoms with Crippen molar-refractivity contribution in [3.05, 3.63) is 0 Å². The molecule has 17 heavy (non-hydrogen) atoms. The number of piperazine rings is 1. The molecule has 0 bridgehead atoms. The van der Waals surface area contributed by atoms with Gasteiger partial charge in [0, 0.05) is 26.2 Å². The van der Waals surface area contributed by atoms with Gasteiger partial charge < -0.3 is 10.6 Å². The van der Waals surface area contributed by atoms with Crippen LogP contribution in [0.3, 0.4) is 0 Å². The molecule has 1 heterocycles. The second-order valence-corrected chi connectivity index (χ2v) is 5.49. The summed E-state index contributed by atoms with van der Waals surface area (Å²) < 4.78 is 0. The molecule has 0 aliphatic carbocycles. The van der Waals surface area contributed by atoms with Crippen molar-refractivity contribution in [2.75, 3.05) is 32.7 Å². The first-order valence-electron chi connectivity index (χ1n) is 6.91. The van der Waals surface area contributed by atoms with E-state index in [1.807, 2.05) is 0 Å². The first kappa shape index (κ1) is 14.9. The number of unbranched alkanes of at least 4 members (excludes halogenated alkanes) is 3. The van der Waals surface area contributed by atoms with Crippen molar-refractivity contribution in [2.45, 2.75) is 45.6 Å². The van der Waals surface area contributed by atoms with Gasteiger partial charge in [-0.05, 0) is 19.9 Å². The Kier molecular flexibility index (Phi) is 7.00. The second-order valence-electron chi connectivity index (χ2n) is 5.02. The molecule has 1 unspecified atom stereocenters. The number of hydrogen-bond donors (Lipinski definition) is 1. The van der Waals surface area contributed by atoms with Crippen LogP contribution in [-0.4, -0.2) is 53.6 Å². The van der Waals surface area contributed by atoms with Gasteiger partial charge in [0.2, 0.25) is 0 Å². The lowest BCUT2D eigenvalue weighted by Crippen LogP contribution is -2.52. The molecule has 0 aromatic rings. The van der Waals surface area contributed by atoms with Crippen molar-refractivity contribution in [3.63, 3.8) is 0 Å². The highest BCUT2D eigenvalue weighted by Crippen LogP contribution is 2.08. The molecule has 100 valence electrons. The number of nitrogens with two attached hydrogens (primary N) is 1. The molecule has 1 aliphatic heterocycles. The predicted octanol–water partition coefficient (Wildman–Crippen LogP) is 1.86. The summed E-state index contributed by atoms with van der Waals surface area (Å²) in [6.07, 6.45) is 5.41. The van der Waals surface area contributed by atoms with E-state index in [2.05, 4.69) is 23.6 Å². The van der Waals surface area contributed by atoms with Gasteiger partial charge in [0.15, 0.2) is 0 Å². The first-order valence-corrected chi connectivity index (χ1v) is 7.31. The van der Waals surface area contributed by atoms with E-state index in [4.69, 9.17) is 18.0 Å². The van der Waals surface area contributed by atoms with E-state index < -0.39 is 0 Å². The van der Waals surface area contributed by atoms with Gasteiger partial charge in [0.25, 0.3) is 0 Å². The molecule has 1 atom stereocenters. The number of thiocarbonyl (C=S) groups is 1. The van der Waals surface area contributed by atoms with Crippen LogP contribution in [-0.2, 0) is 0 Å². The number of hydrogen-bond acceptors (Lipinski definition) is 3. The van der Waals surface area contributed by atoms with Crippen molar-refractivity contribution >= 4 is 17.2 Å². The van der Waals surface area contributed by atoms with E-state index in [9.17, 15) is 0 Å². The van der Waals surface area contributed by atoms with Crippen LogP contribution in [0.1, 0.15) is 39.5 Å². The molecule has 0 radical (unpaired) electrons. The molecule has 0 spiro atoms. The maximum Gasteiger partial charge on any atom is 0.0899 e. The van der Waals surface area contributed by atoms with Crippen LogP contribution in [0.5, 0.6) is 0 Å². The minimum Gasteiger partial charge on any atom is -0.392 e. The van der Waals surface area contributed by atoms with Crippen LogP contribution < -0.4 is 5.73 Å². The lowest BCUT2D eigenvalue weighted by molar-refractivity contribution is 0.121. The smallest absolute Gasteiger partial charge is 0.0899 e. The van der Waals surface area contributed by atoms with Gasteiger partial charge in [0.1, 0.15) is 0 Å². The van der Waals surface area contributed by atoms with Gasteiger partial charge in [-0.2, -0.15) is 0 Å². The molecule has 0 saturated carbocycles. The summed E-state index contributed by atoms with van der Waals surface area (Å²) in [6, 6.07) is 0.257. The first-order chi connectivity index (χ1) is 8.15. The summed E-state index contributed by atoms with van der Waals surface area (Å²) >= 11 is 5.05. The van der Waals surface area contributed by atoms with Gasteiger partial charge >= 0.3 is 0 Å². The highest BCUT2D eigenvalue weighted by Gasteiger charge is 2.21. The van der Waals surface area contributed by atoms with E-state index in [0.29, 0.717) is 4.99 Å². The maximum absolute atomic E-state index is 5.69. The SMILES string of the molecule is CCCCCCN1CCN(C(C)C(N)=S)CC1. The highest BCUT2D eigenvalue weighted by atomic mass is 32.1. The van der Waals surface area contributed by atoms with Crippen LogP contribution in [0, 0.1) is 0 Å². The Bertz CT molecular complexity index is 225. The quantitative estimate of drug-likeness (QED) is 0.557. The van der Waals surface area contributed by atoms with Gasteiger partial charge in [-0.25, -0.2) is 0 Å². The molecule has 0 amide bonds. The van der Waals surface area contributed by atoms with Gasteiger partial charge in [0.05, 0.1) is 11.0 Å². The van der Waals surface area contributed by atoms with Crippen LogP contribution >= 0.6 is 12.2 Å². The lowest BCUT2D eigenvalue weighted by atomic mass is 10.2. The number of rotatable bonds is 7. The average Bonchev–Trinajstić information content (AvgIpc) is 2.34. The minimum absolute atomic E-state index is 0.257. The molecule has 2 N–H and O–H groups in total. The molecule has 1 rings (SSSR count). The van der Waals surface area contributed by atoms with Crippen LogP contribution in [0.15, 0.2) is 0 Å². The third-order valence-electron chi connectivity index (χ3n) is 3.69. The average molecular weight is 257 g/mol. The predicted molar refractivity (Wildman–Crippen MR) is 78.4 cm³/mol. The minimum atomic E-state index is 0.257. The summed E-state index contributed by atoms with van der Waals surface area (Å²) in [5, 5.41) is 0. The zero-order valence-corrected chi connectivity index (χ0v) is 12.1. The molecule has 0 aromatic heterocycles. The molecule has 1 fully saturated rings. The van der Waals surface area contributed by atoms with Crippen LogP contribution in [0.2, 0.25) is 0 Å². The third kappa shape index (κ3) is 5.32. The van der Waals surface area contributed by atoms with Crippen molar-refractivity contribution in [1.82, 2.24) is 9.80 Å². The summed E-state index contributed by atoms with van der Waals surface area (Å²) in [5.74, 6) is 0. The molecular weight excluding hydrogens is 230 g/mol. The molecule has 4 heteroatoms. The topological polar surface area (TPSA) is 32.5 Å². The van der Waals surface area contributed by atoms with Gasteiger partial charge in [-0.1, -0.05) is 38.4 Å².